The predicted octanol–water partition coefficient (Wildman–Crippen LogP) is 0.656. The van der Waals surface area contributed by atoms with Crippen LogP contribution in [0.25, 0.3) is 22.3 Å². The minimum Gasteiger partial charge on any atom is -0.492 e. The first-order chi connectivity index (χ1) is 15.9. The zero-order chi connectivity index (χ0) is 23.7. The van der Waals surface area contributed by atoms with Crippen molar-refractivity contribution in [2.45, 2.75) is 30.7 Å². The van der Waals surface area contributed by atoms with Crippen molar-refractivity contribution in [3.8, 4) is 28.6 Å². The lowest BCUT2D eigenvalue weighted by atomic mass is 9.99. The number of rotatable bonds is 6. The van der Waals surface area contributed by atoms with Crippen molar-refractivity contribution in [2.75, 3.05) is 20.8 Å². The molecule has 2 aromatic carbocycles. The van der Waals surface area contributed by atoms with E-state index in [0.717, 1.165) is 0 Å². The topological polar surface area (TPSA) is 148 Å². The van der Waals surface area contributed by atoms with Gasteiger partial charge in [-0.1, -0.05) is 30.3 Å². The fraction of sp³-hybridized carbons (Fsp3) is 0.348. The number of hydrogen-bond acceptors (Lipinski definition) is 10. The number of aliphatic hydroxyl groups excluding tert-OH is 4. The van der Waals surface area contributed by atoms with Gasteiger partial charge in [0.2, 0.25) is 12.0 Å². The maximum atomic E-state index is 12.9. The number of ether oxygens (including phenoxy) is 4. The van der Waals surface area contributed by atoms with Crippen molar-refractivity contribution >= 4 is 11.0 Å². The molecule has 0 aliphatic carbocycles. The van der Waals surface area contributed by atoms with Crippen molar-refractivity contribution in [2.24, 2.45) is 0 Å². The van der Waals surface area contributed by atoms with Crippen molar-refractivity contribution in [3.05, 3.63) is 52.7 Å². The van der Waals surface area contributed by atoms with E-state index in [1.54, 1.807) is 12.1 Å². The summed E-state index contributed by atoms with van der Waals surface area (Å²) < 4.78 is 27.9. The third-order valence-corrected chi connectivity index (χ3v) is 5.45. The summed E-state index contributed by atoms with van der Waals surface area (Å²) in [6.45, 7) is -0.613. The molecule has 4 N–H and O–H groups in total. The molecule has 0 amide bonds. The van der Waals surface area contributed by atoms with Gasteiger partial charge < -0.3 is 43.8 Å². The quantitative estimate of drug-likeness (QED) is 0.413. The number of methoxy groups -OCH3 is 2. The predicted molar refractivity (Wildman–Crippen MR) is 115 cm³/mol. The smallest absolute Gasteiger partial charge is 0.229 e. The summed E-state index contributed by atoms with van der Waals surface area (Å²) in [5.41, 5.74) is 0.436. The van der Waals surface area contributed by atoms with E-state index in [1.165, 1.54) is 26.4 Å². The second kappa shape index (κ2) is 9.38. The highest BCUT2D eigenvalue weighted by Crippen LogP contribution is 2.44. The van der Waals surface area contributed by atoms with Crippen LogP contribution < -0.4 is 19.6 Å². The molecule has 1 aromatic heterocycles. The average Bonchev–Trinajstić information content (AvgIpc) is 2.83. The van der Waals surface area contributed by atoms with Crippen molar-refractivity contribution in [3.63, 3.8) is 0 Å². The molecular weight excluding hydrogens is 436 g/mol. The minimum absolute atomic E-state index is 0.0143. The summed E-state index contributed by atoms with van der Waals surface area (Å²) in [6.07, 6.45) is -7.44. The Kier molecular flexibility index (Phi) is 6.54. The summed E-state index contributed by atoms with van der Waals surface area (Å²) in [6, 6.07) is 11.8. The number of fused-ring (bicyclic) bond motifs is 1. The molecule has 10 nitrogen and oxygen atoms in total. The Morgan fingerprint density at radius 3 is 2.27 bits per heavy atom. The fourth-order valence-corrected chi connectivity index (χ4v) is 3.76. The lowest BCUT2D eigenvalue weighted by Crippen LogP contribution is -2.60. The van der Waals surface area contributed by atoms with Crippen molar-refractivity contribution < 1.29 is 43.8 Å². The molecule has 0 bridgehead atoms. The van der Waals surface area contributed by atoms with Crippen LogP contribution in [0.2, 0.25) is 0 Å². The van der Waals surface area contributed by atoms with Crippen LogP contribution >= 0.6 is 0 Å². The van der Waals surface area contributed by atoms with E-state index in [0.29, 0.717) is 11.3 Å². The van der Waals surface area contributed by atoms with E-state index in [-0.39, 0.29) is 33.6 Å². The fourth-order valence-electron chi connectivity index (χ4n) is 3.76. The van der Waals surface area contributed by atoms with Crippen LogP contribution in [0.15, 0.2) is 51.7 Å². The zero-order valence-electron chi connectivity index (χ0n) is 17.9. The average molecular weight is 460 g/mol. The summed E-state index contributed by atoms with van der Waals surface area (Å²) in [7, 11) is 2.68. The van der Waals surface area contributed by atoms with Gasteiger partial charge in [-0.15, -0.1) is 0 Å². The molecule has 0 saturated carbocycles. The van der Waals surface area contributed by atoms with Gasteiger partial charge >= 0.3 is 0 Å². The highest BCUT2D eigenvalue weighted by atomic mass is 16.7. The Labute approximate surface area is 188 Å². The molecule has 5 atom stereocenters. The van der Waals surface area contributed by atoms with E-state index in [2.05, 4.69) is 0 Å². The van der Waals surface area contributed by atoms with Gasteiger partial charge in [-0.05, 0) is 0 Å². The molecule has 1 saturated heterocycles. The zero-order valence-corrected chi connectivity index (χ0v) is 17.9. The van der Waals surface area contributed by atoms with Gasteiger partial charge in [-0.3, -0.25) is 4.79 Å². The number of aliphatic hydroxyl groups is 4. The molecule has 0 unspecified atom stereocenters. The molecule has 1 aliphatic heterocycles. The maximum absolute atomic E-state index is 12.9. The first-order valence-electron chi connectivity index (χ1n) is 10.1. The maximum Gasteiger partial charge on any atom is 0.229 e. The third kappa shape index (κ3) is 4.14. The molecule has 0 spiro atoms. The van der Waals surface area contributed by atoms with Gasteiger partial charge in [0.05, 0.1) is 20.8 Å². The van der Waals surface area contributed by atoms with Crippen molar-refractivity contribution in [1.82, 2.24) is 0 Å². The minimum atomic E-state index is -1.64. The summed E-state index contributed by atoms with van der Waals surface area (Å²) >= 11 is 0. The molecule has 2 heterocycles. The highest BCUT2D eigenvalue weighted by Gasteiger charge is 2.45. The molecular formula is C23H24O10. The second-order valence-electron chi connectivity index (χ2n) is 7.47. The lowest BCUT2D eigenvalue weighted by molar-refractivity contribution is -0.277. The van der Waals surface area contributed by atoms with E-state index in [1.807, 2.05) is 18.2 Å². The Morgan fingerprint density at radius 1 is 0.939 bits per heavy atom. The SMILES string of the molecule is COc1c(O[C@@H]2O[C@@H](CO)[C@@H](O)[C@H](O)[C@H]2O)cc2oc(-c3ccccc3)cc(=O)c2c1OC. The third-order valence-electron chi connectivity index (χ3n) is 5.45. The van der Waals surface area contributed by atoms with E-state index in [9.17, 15) is 25.2 Å². The van der Waals surface area contributed by atoms with Gasteiger partial charge in [0.1, 0.15) is 41.1 Å². The molecule has 1 fully saturated rings. The van der Waals surface area contributed by atoms with Crippen molar-refractivity contribution in [1.29, 1.82) is 0 Å². The summed E-state index contributed by atoms with van der Waals surface area (Å²) in [4.78, 5) is 12.9. The lowest BCUT2D eigenvalue weighted by Gasteiger charge is -2.39. The first kappa shape index (κ1) is 23.0. The van der Waals surface area contributed by atoms with Crippen LogP contribution in [0.5, 0.6) is 17.2 Å². The highest BCUT2D eigenvalue weighted by molar-refractivity contribution is 5.90. The van der Waals surface area contributed by atoms with E-state index >= 15 is 0 Å². The van der Waals surface area contributed by atoms with Gasteiger partial charge in [0.15, 0.2) is 16.9 Å². The molecule has 33 heavy (non-hydrogen) atoms. The molecule has 1 aliphatic rings. The standard InChI is InChI=1S/C23H24O10/c1-29-21-15(32-23-20(28)19(27)18(26)16(10-24)33-23)9-14-17(22(21)30-2)12(25)8-13(31-14)11-6-4-3-5-7-11/h3-9,16,18-20,23-24,26-28H,10H2,1-2H3/t16-,18+,19-,20+,23+/m0/s1. The molecule has 3 aromatic rings. The second-order valence-corrected chi connectivity index (χ2v) is 7.47. The van der Waals surface area contributed by atoms with E-state index < -0.39 is 37.3 Å². The normalized spacial score (nSPS) is 25.1. The van der Waals surface area contributed by atoms with Crippen LogP contribution in [-0.2, 0) is 4.74 Å². The molecule has 176 valence electrons. The Hall–Kier alpha value is -3.15. The Bertz CT molecular complexity index is 1170. The monoisotopic (exact) mass is 460 g/mol. The Morgan fingerprint density at radius 2 is 1.64 bits per heavy atom. The van der Waals surface area contributed by atoms with Gasteiger partial charge in [0, 0.05) is 17.7 Å². The van der Waals surface area contributed by atoms with Gasteiger partial charge in [0.25, 0.3) is 0 Å². The molecule has 0 radical (unpaired) electrons. The molecule has 4 rings (SSSR count). The van der Waals surface area contributed by atoms with Gasteiger partial charge in [-0.2, -0.15) is 0 Å². The summed E-state index contributed by atoms with van der Waals surface area (Å²) in [5, 5.41) is 39.9. The largest absolute Gasteiger partial charge is 0.492 e. The van der Waals surface area contributed by atoms with E-state index in [4.69, 9.17) is 23.4 Å². The Balaban J connectivity index is 1.83. The molecule has 10 heteroatoms. The van der Waals surface area contributed by atoms with Crippen LogP contribution in [-0.4, -0.2) is 72.0 Å². The first-order valence-corrected chi connectivity index (χ1v) is 10.1. The van der Waals surface area contributed by atoms with Crippen LogP contribution in [0, 0.1) is 0 Å². The van der Waals surface area contributed by atoms with Crippen LogP contribution in [0.3, 0.4) is 0 Å². The number of benzene rings is 2. The summed E-state index contributed by atoms with van der Waals surface area (Å²) in [5.74, 6) is 0.378. The van der Waals surface area contributed by atoms with Crippen LogP contribution in [0.1, 0.15) is 0 Å². The number of hydrogen-bond donors (Lipinski definition) is 4. The van der Waals surface area contributed by atoms with Crippen LogP contribution in [0.4, 0.5) is 0 Å². The van der Waals surface area contributed by atoms with Gasteiger partial charge in [-0.25, -0.2) is 0 Å².